The topological polar surface area (TPSA) is 88.1 Å². The lowest BCUT2D eigenvalue weighted by atomic mass is 9.85. The Hall–Kier alpha value is -2.24. The summed E-state index contributed by atoms with van der Waals surface area (Å²) >= 11 is 5.99. The number of aliphatic hydroxyl groups is 1. The van der Waals surface area contributed by atoms with E-state index in [4.69, 9.17) is 22.1 Å². The standard InChI is InChI=1S/C15H13ClN2O3/c1-21-9-3-5-13(19)11(7-9)15(20)10-6-8(16)2-4-12(10)18-14(15)17/h2-7,19-20H,1H3,(H2,17,18). The number of aromatic hydroxyl groups is 1. The van der Waals surface area contributed by atoms with E-state index in [1.165, 1.54) is 19.2 Å². The third-order valence-electron chi connectivity index (χ3n) is 3.55. The van der Waals surface area contributed by atoms with Crippen molar-refractivity contribution in [1.82, 2.24) is 0 Å². The SMILES string of the molecule is COc1ccc(O)c(C2(O)C(N)=Nc3ccc(Cl)cc32)c1. The molecule has 0 spiro atoms. The number of aliphatic imine (C=N–C) groups is 1. The summed E-state index contributed by atoms with van der Waals surface area (Å²) in [6.07, 6.45) is 0. The van der Waals surface area contributed by atoms with Gasteiger partial charge in [0, 0.05) is 16.1 Å². The molecule has 1 aliphatic rings. The van der Waals surface area contributed by atoms with E-state index in [-0.39, 0.29) is 17.1 Å². The van der Waals surface area contributed by atoms with Crippen molar-refractivity contribution < 1.29 is 14.9 Å². The van der Waals surface area contributed by atoms with Crippen LogP contribution in [0.25, 0.3) is 0 Å². The molecular weight excluding hydrogens is 292 g/mol. The highest BCUT2D eigenvalue weighted by Gasteiger charge is 2.44. The normalized spacial score (nSPS) is 20.0. The van der Waals surface area contributed by atoms with E-state index < -0.39 is 5.60 Å². The second-order valence-electron chi connectivity index (χ2n) is 4.75. The van der Waals surface area contributed by atoms with Gasteiger partial charge in [0.25, 0.3) is 0 Å². The van der Waals surface area contributed by atoms with Crippen LogP contribution in [0.5, 0.6) is 11.5 Å². The molecule has 0 aliphatic carbocycles. The average Bonchev–Trinajstić information content (AvgIpc) is 2.72. The number of phenols is 1. The minimum absolute atomic E-state index is 0.0247. The van der Waals surface area contributed by atoms with Gasteiger partial charge in [0.2, 0.25) is 0 Å². The molecular formula is C15H13ClN2O3. The predicted molar refractivity (Wildman–Crippen MR) is 80.4 cm³/mol. The van der Waals surface area contributed by atoms with Crippen LogP contribution in [0.1, 0.15) is 11.1 Å². The second-order valence-corrected chi connectivity index (χ2v) is 5.19. The van der Waals surface area contributed by atoms with Gasteiger partial charge in [-0.2, -0.15) is 0 Å². The molecule has 4 N–H and O–H groups in total. The summed E-state index contributed by atoms with van der Waals surface area (Å²) in [7, 11) is 1.50. The fraction of sp³-hybridized carbons (Fsp3) is 0.133. The van der Waals surface area contributed by atoms with E-state index >= 15 is 0 Å². The highest BCUT2D eigenvalue weighted by Crippen LogP contribution is 2.46. The first-order valence-corrected chi connectivity index (χ1v) is 6.59. The fourth-order valence-corrected chi connectivity index (χ4v) is 2.63. The molecule has 0 radical (unpaired) electrons. The van der Waals surface area contributed by atoms with Crippen LogP contribution in [-0.4, -0.2) is 23.2 Å². The molecule has 3 rings (SSSR count). The minimum atomic E-state index is -1.74. The summed E-state index contributed by atoms with van der Waals surface area (Å²) in [6, 6.07) is 9.45. The molecule has 1 heterocycles. The van der Waals surface area contributed by atoms with E-state index in [0.29, 0.717) is 22.0 Å². The number of benzene rings is 2. The Morgan fingerprint density at radius 3 is 2.67 bits per heavy atom. The Morgan fingerprint density at radius 1 is 1.19 bits per heavy atom. The Kier molecular flexibility index (Phi) is 3.04. The van der Waals surface area contributed by atoms with Gasteiger partial charge < -0.3 is 20.7 Å². The Labute approximate surface area is 126 Å². The van der Waals surface area contributed by atoms with E-state index in [9.17, 15) is 10.2 Å². The first-order valence-electron chi connectivity index (χ1n) is 6.21. The molecule has 0 bridgehead atoms. The number of phenolic OH excluding ortho intramolecular Hbond substituents is 1. The predicted octanol–water partition coefficient (Wildman–Crippen LogP) is 2.29. The van der Waals surface area contributed by atoms with Gasteiger partial charge in [0.15, 0.2) is 5.60 Å². The van der Waals surface area contributed by atoms with Crippen molar-refractivity contribution in [3.8, 4) is 11.5 Å². The molecule has 2 aromatic rings. The zero-order valence-corrected chi connectivity index (χ0v) is 11.9. The molecule has 5 nitrogen and oxygen atoms in total. The number of hydrogen-bond acceptors (Lipinski definition) is 5. The number of halogens is 1. The maximum Gasteiger partial charge on any atom is 0.178 e. The summed E-state index contributed by atoms with van der Waals surface area (Å²) in [5.74, 6) is 0.354. The number of methoxy groups -OCH3 is 1. The van der Waals surface area contributed by atoms with Gasteiger partial charge in [-0.15, -0.1) is 0 Å². The average molecular weight is 305 g/mol. The molecule has 108 valence electrons. The van der Waals surface area contributed by atoms with Gasteiger partial charge in [-0.1, -0.05) is 11.6 Å². The summed E-state index contributed by atoms with van der Waals surface area (Å²) in [4.78, 5) is 4.15. The van der Waals surface area contributed by atoms with E-state index in [1.54, 1.807) is 24.3 Å². The van der Waals surface area contributed by atoms with Crippen molar-refractivity contribution in [3.63, 3.8) is 0 Å². The van der Waals surface area contributed by atoms with Crippen molar-refractivity contribution in [1.29, 1.82) is 0 Å². The van der Waals surface area contributed by atoms with E-state index in [0.717, 1.165) is 0 Å². The largest absolute Gasteiger partial charge is 0.508 e. The van der Waals surface area contributed by atoms with Gasteiger partial charge >= 0.3 is 0 Å². The van der Waals surface area contributed by atoms with Crippen molar-refractivity contribution in [2.75, 3.05) is 7.11 Å². The third-order valence-corrected chi connectivity index (χ3v) is 3.79. The fourth-order valence-electron chi connectivity index (χ4n) is 2.46. The first-order chi connectivity index (χ1) is 9.96. The molecule has 1 aliphatic heterocycles. The van der Waals surface area contributed by atoms with Gasteiger partial charge in [0.1, 0.15) is 17.3 Å². The maximum absolute atomic E-state index is 11.1. The smallest absolute Gasteiger partial charge is 0.178 e. The van der Waals surface area contributed by atoms with Crippen LogP contribution in [-0.2, 0) is 5.60 Å². The number of rotatable bonds is 2. The Morgan fingerprint density at radius 2 is 1.95 bits per heavy atom. The second kappa shape index (κ2) is 4.65. The molecule has 6 heteroatoms. The van der Waals surface area contributed by atoms with E-state index in [2.05, 4.69) is 4.99 Å². The minimum Gasteiger partial charge on any atom is -0.508 e. The first kappa shape index (κ1) is 13.7. The number of fused-ring (bicyclic) bond motifs is 1. The molecule has 0 aromatic heterocycles. The summed E-state index contributed by atoms with van der Waals surface area (Å²) in [6.45, 7) is 0. The lowest BCUT2D eigenvalue weighted by Crippen LogP contribution is -2.39. The van der Waals surface area contributed by atoms with Crippen LogP contribution in [0, 0.1) is 0 Å². The number of ether oxygens (including phenoxy) is 1. The Balaban J connectivity index is 2.27. The van der Waals surface area contributed by atoms with Crippen LogP contribution >= 0.6 is 11.6 Å². The molecule has 0 saturated carbocycles. The summed E-state index contributed by atoms with van der Waals surface area (Å²) in [5, 5.41) is 21.6. The number of amidine groups is 1. The van der Waals surface area contributed by atoms with Crippen molar-refractivity contribution in [3.05, 3.63) is 52.5 Å². The molecule has 0 amide bonds. The van der Waals surface area contributed by atoms with Gasteiger partial charge in [0.05, 0.1) is 12.8 Å². The van der Waals surface area contributed by atoms with Crippen LogP contribution in [0.15, 0.2) is 41.4 Å². The van der Waals surface area contributed by atoms with Crippen LogP contribution in [0.2, 0.25) is 5.02 Å². The van der Waals surface area contributed by atoms with Crippen LogP contribution in [0.3, 0.4) is 0 Å². The highest BCUT2D eigenvalue weighted by atomic mass is 35.5. The molecule has 1 atom stereocenters. The highest BCUT2D eigenvalue weighted by molar-refractivity contribution is 6.30. The van der Waals surface area contributed by atoms with Crippen molar-refractivity contribution in [2.45, 2.75) is 5.60 Å². The van der Waals surface area contributed by atoms with Gasteiger partial charge in [-0.3, -0.25) is 0 Å². The monoisotopic (exact) mass is 304 g/mol. The quantitative estimate of drug-likeness (QED) is 0.794. The van der Waals surface area contributed by atoms with Crippen LogP contribution < -0.4 is 10.5 Å². The zero-order valence-electron chi connectivity index (χ0n) is 11.2. The molecule has 2 aromatic carbocycles. The van der Waals surface area contributed by atoms with E-state index in [1.807, 2.05) is 0 Å². The van der Waals surface area contributed by atoms with Gasteiger partial charge in [-0.25, -0.2) is 4.99 Å². The third kappa shape index (κ3) is 1.93. The van der Waals surface area contributed by atoms with Crippen LogP contribution in [0.4, 0.5) is 5.69 Å². The zero-order chi connectivity index (χ0) is 15.2. The molecule has 1 unspecified atom stereocenters. The summed E-state index contributed by atoms with van der Waals surface area (Å²) < 4.78 is 5.13. The molecule has 0 fully saturated rings. The number of hydrogen-bond donors (Lipinski definition) is 3. The van der Waals surface area contributed by atoms with Crippen molar-refractivity contribution in [2.24, 2.45) is 10.7 Å². The lowest BCUT2D eigenvalue weighted by molar-refractivity contribution is 0.154. The Bertz CT molecular complexity index is 761. The molecule has 21 heavy (non-hydrogen) atoms. The molecule has 0 saturated heterocycles. The van der Waals surface area contributed by atoms with Crippen molar-refractivity contribution >= 4 is 23.1 Å². The number of nitrogens with zero attached hydrogens (tertiary/aromatic N) is 1. The summed E-state index contributed by atoms with van der Waals surface area (Å²) in [5.41, 5.74) is 5.31. The van der Waals surface area contributed by atoms with Gasteiger partial charge in [-0.05, 0) is 36.4 Å². The lowest BCUT2D eigenvalue weighted by Gasteiger charge is -2.26. The maximum atomic E-state index is 11.1. The number of nitrogens with two attached hydrogens (primary N) is 1.